The Labute approximate surface area is 164 Å². The molecule has 1 atom stereocenters. The normalized spacial score (nSPS) is 12.8. The standard InChI is InChI=1S/C23H23NO4/c1-23(24,26)20-13-12-19(14-25)21(27-15-17-8-4-2-5-9-17)22(20)28-16-18-10-6-3-7-11-18/h2-14,26H,15-16,24H2,1H3. The summed E-state index contributed by atoms with van der Waals surface area (Å²) in [5.41, 5.74) is 6.83. The highest BCUT2D eigenvalue weighted by molar-refractivity contribution is 5.82. The third kappa shape index (κ3) is 4.76. The van der Waals surface area contributed by atoms with Crippen LogP contribution in [-0.4, -0.2) is 11.4 Å². The van der Waals surface area contributed by atoms with E-state index in [4.69, 9.17) is 15.2 Å². The molecule has 0 amide bonds. The van der Waals surface area contributed by atoms with E-state index in [2.05, 4.69) is 0 Å². The van der Waals surface area contributed by atoms with Gasteiger partial charge < -0.3 is 14.6 Å². The number of hydrogen-bond acceptors (Lipinski definition) is 5. The average molecular weight is 377 g/mol. The number of carbonyl (C=O) groups excluding carboxylic acids is 1. The van der Waals surface area contributed by atoms with Crippen molar-refractivity contribution in [3.05, 3.63) is 95.1 Å². The molecule has 5 heteroatoms. The van der Waals surface area contributed by atoms with Crippen molar-refractivity contribution >= 4 is 6.29 Å². The van der Waals surface area contributed by atoms with E-state index in [0.29, 0.717) is 17.4 Å². The number of benzene rings is 3. The van der Waals surface area contributed by atoms with E-state index >= 15 is 0 Å². The Morgan fingerprint density at radius 2 is 1.36 bits per heavy atom. The van der Waals surface area contributed by atoms with Gasteiger partial charge in [-0.05, 0) is 24.1 Å². The lowest BCUT2D eigenvalue weighted by molar-refractivity contribution is 0.0599. The van der Waals surface area contributed by atoms with Crippen LogP contribution in [0.25, 0.3) is 0 Å². The summed E-state index contributed by atoms with van der Waals surface area (Å²) in [5, 5.41) is 10.4. The first-order valence-corrected chi connectivity index (χ1v) is 8.96. The van der Waals surface area contributed by atoms with Gasteiger partial charge in [0.25, 0.3) is 0 Å². The molecule has 0 aromatic heterocycles. The SMILES string of the molecule is CC(N)(O)c1ccc(C=O)c(OCc2ccccc2)c1OCc1ccccc1. The van der Waals surface area contributed by atoms with Crippen molar-refractivity contribution in [1.29, 1.82) is 0 Å². The zero-order chi connectivity index (χ0) is 20.0. The van der Waals surface area contributed by atoms with Crippen LogP contribution in [0.1, 0.15) is 34.0 Å². The lowest BCUT2D eigenvalue weighted by Crippen LogP contribution is -2.33. The van der Waals surface area contributed by atoms with Gasteiger partial charge in [-0.25, -0.2) is 0 Å². The maximum absolute atomic E-state index is 11.6. The molecule has 0 heterocycles. The van der Waals surface area contributed by atoms with Crippen molar-refractivity contribution in [3.63, 3.8) is 0 Å². The molecule has 0 aliphatic carbocycles. The quantitative estimate of drug-likeness (QED) is 0.461. The van der Waals surface area contributed by atoms with Crippen molar-refractivity contribution in [3.8, 4) is 11.5 Å². The third-order valence-electron chi connectivity index (χ3n) is 4.27. The van der Waals surface area contributed by atoms with Crippen LogP contribution in [0.4, 0.5) is 0 Å². The summed E-state index contributed by atoms with van der Waals surface area (Å²) in [6.45, 7) is 1.95. The van der Waals surface area contributed by atoms with Gasteiger partial charge in [0.2, 0.25) is 0 Å². The first-order chi connectivity index (χ1) is 13.5. The van der Waals surface area contributed by atoms with Crippen LogP contribution in [0.5, 0.6) is 11.5 Å². The number of aldehydes is 1. The van der Waals surface area contributed by atoms with Crippen LogP contribution in [0.2, 0.25) is 0 Å². The minimum atomic E-state index is -1.65. The van der Waals surface area contributed by atoms with Gasteiger partial charge in [-0.3, -0.25) is 10.5 Å². The summed E-state index contributed by atoms with van der Waals surface area (Å²) >= 11 is 0. The molecule has 0 radical (unpaired) electrons. The second-order valence-electron chi connectivity index (χ2n) is 6.67. The number of nitrogens with two attached hydrogens (primary N) is 1. The summed E-state index contributed by atoms with van der Waals surface area (Å²) < 4.78 is 11.9. The minimum Gasteiger partial charge on any atom is -0.485 e. The van der Waals surface area contributed by atoms with E-state index in [-0.39, 0.29) is 24.7 Å². The van der Waals surface area contributed by atoms with Crippen molar-refractivity contribution in [1.82, 2.24) is 0 Å². The molecule has 28 heavy (non-hydrogen) atoms. The first kappa shape index (κ1) is 19.6. The van der Waals surface area contributed by atoms with Crippen molar-refractivity contribution < 1.29 is 19.4 Å². The van der Waals surface area contributed by atoms with E-state index in [1.54, 1.807) is 12.1 Å². The molecule has 5 nitrogen and oxygen atoms in total. The second-order valence-corrected chi connectivity index (χ2v) is 6.67. The molecule has 3 N–H and O–H groups in total. The highest BCUT2D eigenvalue weighted by Gasteiger charge is 2.27. The Morgan fingerprint density at radius 1 is 0.857 bits per heavy atom. The summed E-state index contributed by atoms with van der Waals surface area (Å²) in [6, 6.07) is 22.3. The monoisotopic (exact) mass is 377 g/mol. The maximum Gasteiger partial charge on any atom is 0.172 e. The van der Waals surface area contributed by atoms with Gasteiger partial charge in [0.1, 0.15) is 18.9 Å². The topological polar surface area (TPSA) is 81.8 Å². The Kier molecular flexibility index (Phi) is 6.09. The van der Waals surface area contributed by atoms with Crippen LogP contribution in [0, 0.1) is 0 Å². The third-order valence-corrected chi connectivity index (χ3v) is 4.27. The Morgan fingerprint density at radius 3 is 1.82 bits per heavy atom. The van der Waals surface area contributed by atoms with Crippen molar-refractivity contribution in [2.75, 3.05) is 0 Å². The van der Waals surface area contributed by atoms with Crippen LogP contribution in [-0.2, 0) is 18.9 Å². The zero-order valence-corrected chi connectivity index (χ0v) is 15.7. The fourth-order valence-corrected chi connectivity index (χ4v) is 2.82. The smallest absolute Gasteiger partial charge is 0.172 e. The fraction of sp³-hybridized carbons (Fsp3) is 0.174. The predicted octanol–water partition coefficient (Wildman–Crippen LogP) is 3.78. The molecule has 1 unspecified atom stereocenters. The van der Waals surface area contributed by atoms with Crippen LogP contribution < -0.4 is 15.2 Å². The van der Waals surface area contributed by atoms with Gasteiger partial charge in [-0.1, -0.05) is 66.7 Å². The van der Waals surface area contributed by atoms with Crippen LogP contribution in [0.15, 0.2) is 72.8 Å². The van der Waals surface area contributed by atoms with Gasteiger partial charge in [0.05, 0.1) is 5.56 Å². The van der Waals surface area contributed by atoms with Gasteiger partial charge in [0, 0.05) is 5.56 Å². The van der Waals surface area contributed by atoms with Crippen molar-refractivity contribution in [2.45, 2.75) is 25.9 Å². The molecular weight excluding hydrogens is 354 g/mol. The molecular formula is C23H23NO4. The molecule has 3 aromatic rings. The molecule has 3 rings (SSSR count). The molecule has 0 aliphatic rings. The van der Waals surface area contributed by atoms with E-state index < -0.39 is 5.72 Å². The van der Waals surface area contributed by atoms with Gasteiger partial charge in [0.15, 0.2) is 17.8 Å². The fourth-order valence-electron chi connectivity index (χ4n) is 2.82. The number of aliphatic hydroxyl groups is 1. The maximum atomic E-state index is 11.6. The highest BCUT2D eigenvalue weighted by Crippen LogP contribution is 2.39. The van der Waals surface area contributed by atoms with E-state index in [1.807, 2.05) is 60.7 Å². The molecule has 0 aliphatic heterocycles. The molecule has 144 valence electrons. The Hall–Kier alpha value is -3.15. The van der Waals surface area contributed by atoms with Gasteiger partial charge >= 0.3 is 0 Å². The van der Waals surface area contributed by atoms with Gasteiger partial charge in [-0.2, -0.15) is 0 Å². The number of carbonyl (C=O) groups is 1. The molecule has 3 aromatic carbocycles. The highest BCUT2D eigenvalue weighted by atomic mass is 16.5. The lowest BCUT2D eigenvalue weighted by Gasteiger charge is -2.24. The molecule has 0 saturated carbocycles. The number of ether oxygens (including phenoxy) is 2. The summed E-state index contributed by atoms with van der Waals surface area (Å²) in [4.78, 5) is 11.6. The number of hydrogen-bond donors (Lipinski definition) is 2. The van der Waals surface area contributed by atoms with Crippen molar-refractivity contribution in [2.24, 2.45) is 5.73 Å². The minimum absolute atomic E-state index is 0.244. The molecule has 0 bridgehead atoms. The lowest BCUT2D eigenvalue weighted by atomic mass is 10.0. The second kappa shape index (κ2) is 8.69. The molecule has 0 spiro atoms. The average Bonchev–Trinajstić information content (AvgIpc) is 2.71. The van der Waals surface area contributed by atoms with E-state index in [1.165, 1.54) is 6.92 Å². The van der Waals surface area contributed by atoms with Crippen LogP contribution >= 0.6 is 0 Å². The molecule has 0 saturated heterocycles. The Bertz CT molecular complexity index is 919. The predicted molar refractivity (Wildman–Crippen MR) is 107 cm³/mol. The summed E-state index contributed by atoms with van der Waals surface area (Å²) in [7, 11) is 0. The first-order valence-electron chi connectivity index (χ1n) is 8.96. The number of rotatable bonds is 8. The van der Waals surface area contributed by atoms with E-state index in [0.717, 1.165) is 11.1 Å². The van der Waals surface area contributed by atoms with E-state index in [9.17, 15) is 9.90 Å². The van der Waals surface area contributed by atoms with Gasteiger partial charge in [-0.15, -0.1) is 0 Å². The Balaban J connectivity index is 1.97. The summed E-state index contributed by atoms with van der Waals surface area (Å²) in [6.07, 6.45) is 0.699. The largest absolute Gasteiger partial charge is 0.485 e. The molecule has 0 fully saturated rings. The zero-order valence-electron chi connectivity index (χ0n) is 15.7. The summed E-state index contributed by atoms with van der Waals surface area (Å²) in [5.74, 6) is 0.523. The van der Waals surface area contributed by atoms with Crippen LogP contribution in [0.3, 0.4) is 0 Å².